The van der Waals surface area contributed by atoms with Gasteiger partial charge >= 0.3 is 0 Å². The van der Waals surface area contributed by atoms with E-state index in [0.29, 0.717) is 17.3 Å². The van der Waals surface area contributed by atoms with E-state index in [2.05, 4.69) is 63.4 Å². The lowest BCUT2D eigenvalue weighted by atomic mass is 9.72. The van der Waals surface area contributed by atoms with Crippen LogP contribution in [0.1, 0.15) is 32.2 Å². The molecule has 0 spiro atoms. The van der Waals surface area contributed by atoms with Gasteiger partial charge in [0, 0.05) is 31.2 Å². The number of hydrogen-bond donors (Lipinski definition) is 2. The maximum atomic E-state index is 11.6. The van der Waals surface area contributed by atoms with Crippen LogP contribution in [-0.4, -0.2) is 42.8 Å². The third-order valence-electron chi connectivity index (χ3n) is 6.00. The van der Waals surface area contributed by atoms with Crippen LogP contribution >= 0.6 is 0 Å². The average molecular weight is 447 g/mol. The first-order valence-corrected chi connectivity index (χ1v) is 10.6. The molecule has 33 heavy (non-hydrogen) atoms. The fourth-order valence-corrected chi connectivity index (χ4v) is 3.55. The second-order valence-electron chi connectivity index (χ2n) is 8.29. The Kier molecular flexibility index (Phi) is 5.91. The van der Waals surface area contributed by atoms with E-state index in [-0.39, 0.29) is 24.3 Å². The summed E-state index contributed by atoms with van der Waals surface area (Å²) in [5, 5.41) is 11.1. The molecule has 0 aliphatic rings. The van der Waals surface area contributed by atoms with Crippen molar-refractivity contribution in [3.8, 4) is 22.6 Å². The van der Waals surface area contributed by atoms with Gasteiger partial charge in [-0.15, -0.1) is 0 Å². The highest BCUT2D eigenvalue weighted by Gasteiger charge is 2.37. The fourth-order valence-electron chi connectivity index (χ4n) is 3.55. The topological polar surface area (TPSA) is 138 Å². The maximum absolute atomic E-state index is 11.6. The lowest BCUT2D eigenvalue weighted by molar-refractivity contribution is -0.121. The van der Waals surface area contributed by atoms with Gasteiger partial charge in [-0.25, -0.2) is 9.97 Å². The molecule has 10 heteroatoms. The molecule has 0 fully saturated rings. The van der Waals surface area contributed by atoms with Gasteiger partial charge in [0.05, 0.1) is 17.2 Å². The standard InChI is InChI=1S/C23H26N8O2/c1-14(2)23(3,18-7-5-15(6-8-18)16-9-26-22(24)27-10-16)21-29-20(33-30-21)17-11-28-31(12-17)13-19(32)25-4/h5-12,14H,13H2,1-4H3,(H,25,32)(H2,24,26,27). The van der Waals surface area contributed by atoms with Gasteiger partial charge < -0.3 is 15.6 Å². The first kappa shape index (κ1) is 22.1. The van der Waals surface area contributed by atoms with Gasteiger partial charge in [-0.1, -0.05) is 43.3 Å². The molecule has 1 aromatic carbocycles. The highest BCUT2D eigenvalue weighted by molar-refractivity contribution is 5.75. The number of rotatable bonds is 7. The molecule has 1 atom stereocenters. The number of benzene rings is 1. The molecule has 3 N–H and O–H groups in total. The number of likely N-dealkylation sites (N-methyl/N-ethyl adjacent to an activating group) is 1. The molecular weight excluding hydrogens is 420 g/mol. The lowest BCUT2D eigenvalue weighted by Crippen LogP contribution is -2.31. The second kappa shape index (κ2) is 8.81. The molecule has 1 amide bonds. The van der Waals surface area contributed by atoms with E-state index in [0.717, 1.165) is 16.7 Å². The summed E-state index contributed by atoms with van der Waals surface area (Å²) >= 11 is 0. The highest BCUT2D eigenvalue weighted by atomic mass is 16.5. The third-order valence-corrected chi connectivity index (χ3v) is 6.00. The number of carbonyl (C=O) groups is 1. The van der Waals surface area contributed by atoms with Crippen LogP contribution in [0.25, 0.3) is 22.6 Å². The van der Waals surface area contributed by atoms with Gasteiger partial charge in [0.15, 0.2) is 5.82 Å². The van der Waals surface area contributed by atoms with Gasteiger partial charge in [0.2, 0.25) is 11.9 Å². The normalized spacial score (nSPS) is 13.1. The Morgan fingerprint density at radius 3 is 2.45 bits per heavy atom. The molecule has 0 radical (unpaired) electrons. The molecule has 0 saturated heterocycles. The second-order valence-corrected chi connectivity index (χ2v) is 8.29. The largest absolute Gasteiger partial charge is 0.368 e. The Morgan fingerprint density at radius 2 is 1.82 bits per heavy atom. The minimum Gasteiger partial charge on any atom is -0.368 e. The number of hydrogen-bond acceptors (Lipinski definition) is 8. The molecule has 3 aromatic heterocycles. The van der Waals surface area contributed by atoms with E-state index in [4.69, 9.17) is 10.3 Å². The van der Waals surface area contributed by atoms with Crippen molar-refractivity contribution in [2.24, 2.45) is 5.92 Å². The fraction of sp³-hybridized carbons (Fsp3) is 0.304. The summed E-state index contributed by atoms with van der Waals surface area (Å²) < 4.78 is 7.10. The molecule has 0 aliphatic carbocycles. The summed E-state index contributed by atoms with van der Waals surface area (Å²) in [6.07, 6.45) is 6.72. The predicted octanol–water partition coefficient (Wildman–Crippen LogP) is 2.68. The minimum absolute atomic E-state index is 0.118. The van der Waals surface area contributed by atoms with Gasteiger partial charge in [-0.05, 0) is 24.0 Å². The zero-order valence-corrected chi connectivity index (χ0v) is 19.0. The Balaban J connectivity index is 1.63. The van der Waals surface area contributed by atoms with Crippen molar-refractivity contribution >= 4 is 11.9 Å². The summed E-state index contributed by atoms with van der Waals surface area (Å²) in [5.41, 5.74) is 8.68. The Labute approximate surface area is 191 Å². The minimum atomic E-state index is -0.490. The Morgan fingerprint density at radius 1 is 1.12 bits per heavy atom. The Bertz CT molecular complexity index is 1240. The summed E-state index contributed by atoms with van der Waals surface area (Å²) in [5.74, 6) is 1.22. The van der Waals surface area contributed by atoms with Crippen LogP contribution in [0.2, 0.25) is 0 Å². The molecule has 10 nitrogen and oxygen atoms in total. The first-order valence-electron chi connectivity index (χ1n) is 10.6. The van der Waals surface area contributed by atoms with Gasteiger partial charge in [-0.3, -0.25) is 9.48 Å². The van der Waals surface area contributed by atoms with Crippen molar-refractivity contribution in [3.63, 3.8) is 0 Å². The number of aromatic nitrogens is 6. The average Bonchev–Trinajstić information content (AvgIpc) is 3.49. The smallest absolute Gasteiger partial charge is 0.261 e. The van der Waals surface area contributed by atoms with Crippen molar-refractivity contribution in [2.45, 2.75) is 32.7 Å². The Hall–Kier alpha value is -4.08. The number of anilines is 1. The van der Waals surface area contributed by atoms with E-state index in [9.17, 15) is 4.79 Å². The first-order chi connectivity index (χ1) is 15.8. The van der Waals surface area contributed by atoms with Crippen LogP contribution < -0.4 is 11.1 Å². The monoisotopic (exact) mass is 446 g/mol. The molecule has 4 aromatic rings. The predicted molar refractivity (Wildman–Crippen MR) is 123 cm³/mol. The van der Waals surface area contributed by atoms with Crippen molar-refractivity contribution in [1.82, 2.24) is 35.2 Å². The number of nitrogens with one attached hydrogen (secondary N) is 1. The summed E-state index contributed by atoms with van der Waals surface area (Å²) in [7, 11) is 1.58. The van der Waals surface area contributed by atoms with Crippen LogP contribution in [0.4, 0.5) is 5.95 Å². The van der Waals surface area contributed by atoms with Crippen LogP contribution in [-0.2, 0) is 16.8 Å². The molecular formula is C23H26N8O2. The van der Waals surface area contributed by atoms with Crippen LogP contribution in [0, 0.1) is 5.92 Å². The number of nitrogens with two attached hydrogens (primary N) is 1. The number of nitrogens with zero attached hydrogens (tertiary/aromatic N) is 6. The van der Waals surface area contributed by atoms with E-state index in [1.165, 1.54) is 4.68 Å². The summed E-state index contributed by atoms with van der Waals surface area (Å²) in [6, 6.07) is 8.16. The van der Waals surface area contributed by atoms with E-state index in [1.54, 1.807) is 31.8 Å². The molecule has 0 saturated carbocycles. The van der Waals surface area contributed by atoms with Crippen molar-refractivity contribution in [3.05, 3.63) is 60.4 Å². The molecule has 0 bridgehead atoms. The van der Waals surface area contributed by atoms with Gasteiger partial charge in [0.25, 0.3) is 5.89 Å². The maximum Gasteiger partial charge on any atom is 0.261 e. The van der Waals surface area contributed by atoms with Crippen molar-refractivity contribution < 1.29 is 9.32 Å². The third kappa shape index (κ3) is 4.32. The van der Waals surface area contributed by atoms with E-state index in [1.807, 2.05) is 12.1 Å². The van der Waals surface area contributed by atoms with Crippen molar-refractivity contribution in [1.29, 1.82) is 0 Å². The quantitative estimate of drug-likeness (QED) is 0.442. The zero-order valence-electron chi connectivity index (χ0n) is 19.0. The van der Waals surface area contributed by atoms with Crippen LogP contribution in [0.5, 0.6) is 0 Å². The van der Waals surface area contributed by atoms with Crippen LogP contribution in [0.3, 0.4) is 0 Å². The van der Waals surface area contributed by atoms with E-state index < -0.39 is 5.41 Å². The van der Waals surface area contributed by atoms with E-state index >= 15 is 0 Å². The molecule has 1 unspecified atom stereocenters. The highest BCUT2D eigenvalue weighted by Crippen LogP contribution is 2.38. The number of carbonyl (C=O) groups excluding carboxylic acids is 1. The SMILES string of the molecule is CNC(=O)Cn1cc(-c2nc(C(C)(c3ccc(-c4cnc(N)nc4)cc3)C(C)C)no2)cn1. The van der Waals surface area contributed by atoms with Gasteiger partial charge in [0.1, 0.15) is 6.54 Å². The molecule has 0 aliphatic heterocycles. The molecule has 4 rings (SSSR count). The zero-order chi connectivity index (χ0) is 23.6. The number of amides is 1. The van der Waals surface area contributed by atoms with Crippen molar-refractivity contribution in [2.75, 3.05) is 12.8 Å². The summed E-state index contributed by atoms with van der Waals surface area (Å²) in [4.78, 5) is 24.4. The lowest BCUT2D eigenvalue weighted by Gasteiger charge is -2.31. The van der Waals surface area contributed by atoms with Gasteiger partial charge in [-0.2, -0.15) is 10.1 Å². The number of nitrogen functional groups attached to an aromatic ring is 1. The molecule has 3 heterocycles. The molecule has 170 valence electrons. The summed E-state index contributed by atoms with van der Waals surface area (Å²) in [6.45, 7) is 6.47. The van der Waals surface area contributed by atoms with Crippen LogP contribution in [0.15, 0.2) is 53.6 Å².